The van der Waals surface area contributed by atoms with Crippen molar-refractivity contribution in [2.45, 2.75) is 32.4 Å². The van der Waals surface area contributed by atoms with Crippen molar-refractivity contribution in [1.29, 1.82) is 0 Å². The Bertz CT molecular complexity index is 1020. The highest BCUT2D eigenvalue weighted by molar-refractivity contribution is 7.13. The van der Waals surface area contributed by atoms with Crippen LogP contribution in [0.2, 0.25) is 0 Å². The summed E-state index contributed by atoms with van der Waals surface area (Å²) < 4.78 is 1.91. The number of aromatic nitrogens is 3. The fraction of sp³-hybridized carbons (Fsp3) is 0.429. The number of carboxylic acid groups (broad SMARTS) is 1. The zero-order valence-corrected chi connectivity index (χ0v) is 17.6. The van der Waals surface area contributed by atoms with Gasteiger partial charge in [-0.25, -0.2) is 4.98 Å². The molecule has 0 saturated carbocycles. The molecule has 158 valence electrons. The molecule has 0 aliphatic carbocycles. The minimum Gasteiger partial charge on any atom is -0.483 e. The number of rotatable bonds is 4. The normalized spacial score (nSPS) is 22.4. The third kappa shape index (κ3) is 3.95. The Morgan fingerprint density at radius 3 is 2.73 bits per heavy atom. The molecule has 0 radical (unpaired) electrons. The Balaban J connectivity index is 0.000000687. The number of hydrogen-bond donors (Lipinski definition) is 2. The first-order valence-electron chi connectivity index (χ1n) is 10.2. The molecule has 30 heavy (non-hydrogen) atoms. The van der Waals surface area contributed by atoms with Crippen molar-refractivity contribution >= 4 is 34.6 Å². The molecule has 2 bridgehead atoms. The van der Waals surface area contributed by atoms with Crippen molar-refractivity contribution < 1.29 is 14.7 Å². The minimum absolute atomic E-state index is 0.0482. The summed E-state index contributed by atoms with van der Waals surface area (Å²) >= 11 is 1.62. The SMILES string of the molecule is CCn1nc(C(=O)N[C@@H]2CN3CCC2CC3)c2ccc(-c3nccs3)cc21.O=CO. The monoisotopic (exact) mass is 427 g/mol. The number of benzene rings is 1. The minimum atomic E-state index is -0.250. The molecule has 1 atom stereocenters. The van der Waals surface area contributed by atoms with Crippen molar-refractivity contribution in [2.75, 3.05) is 19.6 Å². The first-order chi connectivity index (χ1) is 14.6. The van der Waals surface area contributed by atoms with Crippen LogP contribution in [0.5, 0.6) is 0 Å². The summed E-state index contributed by atoms with van der Waals surface area (Å²) in [7, 11) is 0. The molecule has 0 spiro atoms. The van der Waals surface area contributed by atoms with Crippen molar-refractivity contribution in [1.82, 2.24) is 25.0 Å². The second-order valence-electron chi connectivity index (χ2n) is 7.56. The zero-order chi connectivity index (χ0) is 21.1. The largest absolute Gasteiger partial charge is 0.483 e. The molecular formula is C21H25N5O3S. The van der Waals surface area contributed by atoms with E-state index in [1.165, 1.54) is 25.9 Å². The third-order valence-electron chi connectivity index (χ3n) is 5.92. The Morgan fingerprint density at radius 1 is 1.37 bits per heavy atom. The average molecular weight is 428 g/mol. The highest BCUT2D eigenvalue weighted by Crippen LogP contribution is 2.30. The van der Waals surface area contributed by atoms with Crippen molar-refractivity contribution in [3.8, 4) is 10.6 Å². The molecule has 9 heteroatoms. The number of amides is 1. The molecule has 3 aromatic rings. The number of carbonyl (C=O) groups excluding carboxylic acids is 1. The summed E-state index contributed by atoms with van der Waals surface area (Å²) in [6.07, 6.45) is 4.19. The van der Waals surface area contributed by atoms with E-state index in [4.69, 9.17) is 9.90 Å². The lowest BCUT2D eigenvalue weighted by Crippen LogP contribution is -2.57. The fourth-order valence-corrected chi connectivity index (χ4v) is 5.08. The molecule has 8 nitrogen and oxygen atoms in total. The van der Waals surface area contributed by atoms with E-state index in [0.29, 0.717) is 11.6 Å². The van der Waals surface area contributed by atoms with Crippen molar-refractivity contribution in [3.63, 3.8) is 0 Å². The van der Waals surface area contributed by atoms with Gasteiger partial charge in [0.2, 0.25) is 0 Å². The molecule has 6 rings (SSSR count). The number of carbonyl (C=O) groups is 2. The molecule has 2 aromatic heterocycles. The number of nitrogens with zero attached hydrogens (tertiary/aromatic N) is 4. The maximum absolute atomic E-state index is 13.0. The number of nitrogens with one attached hydrogen (secondary N) is 1. The van der Waals surface area contributed by atoms with Gasteiger partial charge in [-0.2, -0.15) is 5.10 Å². The Labute approximate surface area is 178 Å². The third-order valence-corrected chi connectivity index (χ3v) is 6.74. The van der Waals surface area contributed by atoms with Crippen LogP contribution in [0, 0.1) is 5.92 Å². The quantitative estimate of drug-likeness (QED) is 0.621. The van der Waals surface area contributed by atoms with E-state index in [2.05, 4.69) is 33.3 Å². The predicted octanol–water partition coefficient (Wildman–Crippen LogP) is 2.70. The van der Waals surface area contributed by atoms with Crippen LogP contribution in [0.4, 0.5) is 0 Å². The van der Waals surface area contributed by atoms with Crippen LogP contribution in [0.25, 0.3) is 21.5 Å². The lowest BCUT2D eigenvalue weighted by Gasteiger charge is -2.44. The Kier molecular flexibility index (Phi) is 6.10. The maximum atomic E-state index is 13.0. The van der Waals surface area contributed by atoms with Gasteiger partial charge in [0.15, 0.2) is 5.69 Å². The summed E-state index contributed by atoms with van der Waals surface area (Å²) in [5, 5.41) is 18.7. The second kappa shape index (κ2) is 8.93. The van der Waals surface area contributed by atoms with Crippen LogP contribution in [0.1, 0.15) is 30.3 Å². The molecular weight excluding hydrogens is 402 g/mol. The maximum Gasteiger partial charge on any atom is 0.290 e. The van der Waals surface area contributed by atoms with Crippen LogP contribution in [-0.2, 0) is 11.3 Å². The van der Waals surface area contributed by atoms with Gasteiger partial charge in [0.1, 0.15) is 5.01 Å². The lowest BCUT2D eigenvalue weighted by atomic mass is 9.84. The van der Waals surface area contributed by atoms with Crippen molar-refractivity contribution in [2.24, 2.45) is 5.92 Å². The molecule has 1 aromatic carbocycles. The first kappa shape index (κ1) is 20.5. The van der Waals surface area contributed by atoms with Crippen LogP contribution >= 0.6 is 11.3 Å². The summed E-state index contributed by atoms with van der Waals surface area (Å²) in [4.78, 5) is 28.2. The summed E-state index contributed by atoms with van der Waals surface area (Å²) in [5.41, 5.74) is 2.59. The van der Waals surface area contributed by atoms with E-state index in [9.17, 15) is 4.79 Å². The van der Waals surface area contributed by atoms with Gasteiger partial charge in [-0.1, -0.05) is 6.07 Å². The molecule has 5 heterocycles. The van der Waals surface area contributed by atoms with E-state index in [0.717, 1.165) is 34.6 Å². The van der Waals surface area contributed by atoms with E-state index >= 15 is 0 Å². The van der Waals surface area contributed by atoms with Crippen LogP contribution < -0.4 is 5.32 Å². The summed E-state index contributed by atoms with van der Waals surface area (Å²) in [6, 6.07) is 6.39. The Hall–Kier alpha value is -2.78. The molecule has 2 N–H and O–H groups in total. The zero-order valence-electron chi connectivity index (χ0n) is 16.8. The smallest absolute Gasteiger partial charge is 0.290 e. The average Bonchev–Trinajstić information content (AvgIpc) is 3.43. The predicted molar refractivity (Wildman–Crippen MR) is 116 cm³/mol. The summed E-state index contributed by atoms with van der Waals surface area (Å²) in [5.74, 6) is 0.558. The molecule has 3 aliphatic rings. The number of fused-ring (bicyclic) bond motifs is 4. The highest BCUT2D eigenvalue weighted by atomic mass is 32.1. The van der Waals surface area contributed by atoms with Gasteiger partial charge in [0.05, 0.1) is 5.52 Å². The fourth-order valence-electron chi connectivity index (χ4n) is 4.45. The first-order valence-corrected chi connectivity index (χ1v) is 11.0. The number of piperidine rings is 3. The highest BCUT2D eigenvalue weighted by Gasteiger charge is 2.35. The van der Waals surface area contributed by atoms with Gasteiger partial charge in [0.25, 0.3) is 12.4 Å². The number of thiazole rings is 1. The molecule has 1 amide bonds. The molecule has 0 unspecified atom stereocenters. The second-order valence-corrected chi connectivity index (χ2v) is 8.45. The van der Waals surface area contributed by atoms with Gasteiger partial charge in [-0.3, -0.25) is 14.3 Å². The van der Waals surface area contributed by atoms with Gasteiger partial charge in [0, 0.05) is 41.7 Å². The topological polar surface area (TPSA) is 100 Å². The van der Waals surface area contributed by atoms with Crippen LogP contribution in [0.3, 0.4) is 0 Å². The van der Waals surface area contributed by atoms with Crippen LogP contribution in [-0.4, -0.2) is 62.8 Å². The lowest BCUT2D eigenvalue weighted by molar-refractivity contribution is -0.122. The number of hydrogen-bond acceptors (Lipinski definition) is 6. The summed E-state index contributed by atoms with van der Waals surface area (Å²) in [6.45, 7) is 5.84. The van der Waals surface area contributed by atoms with Gasteiger partial charge >= 0.3 is 0 Å². The van der Waals surface area contributed by atoms with Gasteiger partial charge in [-0.15, -0.1) is 11.3 Å². The standard InChI is InChI=1S/C20H23N5OS.CH2O2/c1-2-25-17-11-14(20-21-7-10-27-20)3-4-15(17)18(23-25)19(26)22-16-12-24-8-5-13(16)6-9-24;2-1-3/h3-4,7,10-11,13,16H,2,5-6,8-9,12H2,1H3,(H,22,26);1H,(H,2,3)/t16-;/m1./s1. The molecule has 3 saturated heterocycles. The van der Waals surface area contributed by atoms with Crippen LogP contribution in [0.15, 0.2) is 29.8 Å². The van der Waals surface area contributed by atoms with Gasteiger partial charge < -0.3 is 15.3 Å². The van der Waals surface area contributed by atoms with Crippen molar-refractivity contribution in [3.05, 3.63) is 35.5 Å². The molecule has 3 fully saturated rings. The number of aryl methyl sites for hydroxylation is 1. The van der Waals surface area contributed by atoms with Gasteiger partial charge in [-0.05, 0) is 50.9 Å². The molecule has 3 aliphatic heterocycles. The Morgan fingerprint density at radius 2 is 2.13 bits per heavy atom. The van der Waals surface area contributed by atoms with E-state index in [1.54, 1.807) is 11.3 Å². The van der Waals surface area contributed by atoms with E-state index < -0.39 is 0 Å². The van der Waals surface area contributed by atoms with E-state index in [-0.39, 0.29) is 18.4 Å². The van der Waals surface area contributed by atoms with E-state index in [1.807, 2.05) is 28.4 Å².